The molecule has 0 atom stereocenters. The molecule has 4 rings (SSSR count). The number of hydrogen-bond acceptors (Lipinski definition) is 6. The summed E-state index contributed by atoms with van der Waals surface area (Å²) in [6, 6.07) is 9.11. The lowest BCUT2D eigenvalue weighted by Gasteiger charge is -2.22. The predicted molar refractivity (Wildman–Crippen MR) is 101 cm³/mol. The van der Waals surface area contributed by atoms with Crippen molar-refractivity contribution >= 4 is 32.6 Å². The van der Waals surface area contributed by atoms with E-state index in [0.29, 0.717) is 28.0 Å². The number of hydrogen-bond donors (Lipinski definition) is 1. The number of carbonyl (C=O) groups is 1. The zero-order valence-electron chi connectivity index (χ0n) is 14.4. The molecule has 0 aliphatic carbocycles. The molecule has 7 heteroatoms. The van der Waals surface area contributed by atoms with E-state index in [1.165, 1.54) is 11.3 Å². The van der Waals surface area contributed by atoms with Crippen molar-refractivity contribution in [1.82, 2.24) is 9.97 Å². The third-order valence-corrected chi connectivity index (χ3v) is 5.54. The van der Waals surface area contributed by atoms with Crippen molar-refractivity contribution in [3.05, 3.63) is 47.7 Å². The molecule has 1 fully saturated rings. The van der Waals surface area contributed by atoms with Crippen molar-refractivity contribution in [3.63, 3.8) is 0 Å². The average Bonchev–Trinajstić information content (AvgIpc) is 3.12. The Hall–Kier alpha value is -2.51. The highest BCUT2D eigenvalue weighted by Gasteiger charge is 2.23. The van der Waals surface area contributed by atoms with Crippen molar-refractivity contribution in [1.29, 1.82) is 0 Å². The second kappa shape index (κ2) is 7.39. The summed E-state index contributed by atoms with van der Waals surface area (Å²) < 4.78 is 11.9. The normalized spacial score (nSPS) is 15.1. The Morgan fingerprint density at radius 2 is 2.04 bits per heavy atom. The van der Waals surface area contributed by atoms with Gasteiger partial charge in [0.1, 0.15) is 5.52 Å². The number of methoxy groups -OCH3 is 1. The Labute approximate surface area is 155 Å². The first-order chi connectivity index (χ1) is 12.8. The van der Waals surface area contributed by atoms with Crippen LogP contribution < -0.4 is 10.1 Å². The van der Waals surface area contributed by atoms with E-state index in [1.807, 2.05) is 24.4 Å². The first-order valence-corrected chi connectivity index (χ1v) is 9.35. The zero-order valence-corrected chi connectivity index (χ0v) is 15.2. The minimum absolute atomic E-state index is 0.177. The van der Waals surface area contributed by atoms with Gasteiger partial charge in [-0.2, -0.15) is 0 Å². The number of benzene rings is 1. The van der Waals surface area contributed by atoms with Crippen molar-refractivity contribution < 1.29 is 14.3 Å². The second-order valence-corrected chi connectivity index (χ2v) is 7.13. The molecule has 0 spiro atoms. The van der Waals surface area contributed by atoms with E-state index in [0.717, 1.165) is 36.3 Å². The highest BCUT2D eigenvalue weighted by atomic mass is 32.1. The summed E-state index contributed by atoms with van der Waals surface area (Å²) >= 11 is 1.47. The predicted octanol–water partition coefficient (Wildman–Crippen LogP) is 3.85. The van der Waals surface area contributed by atoms with Gasteiger partial charge in [0.05, 0.1) is 11.8 Å². The summed E-state index contributed by atoms with van der Waals surface area (Å²) in [7, 11) is 1.58. The van der Waals surface area contributed by atoms with Crippen LogP contribution in [0.5, 0.6) is 5.88 Å². The van der Waals surface area contributed by atoms with E-state index in [9.17, 15) is 4.79 Å². The molecule has 0 unspecified atom stereocenters. The van der Waals surface area contributed by atoms with Crippen LogP contribution in [0.4, 0.5) is 5.13 Å². The molecule has 2 aromatic heterocycles. The molecule has 3 heterocycles. The fourth-order valence-electron chi connectivity index (χ4n) is 3.17. The first kappa shape index (κ1) is 16.9. The molecule has 6 nitrogen and oxygen atoms in total. The van der Waals surface area contributed by atoms with Gasteiger partial charge in [-0.25, -0.2) is 9.97 Å². The number of carbonyl (C=O) groups excluding carboxylic acids is 1. The number of ether oxygens (including phenoxy) is 2. The lowest BCUT2D eigenvalue weighted by atomic mass is 9.93. The van der Waals surface area contributed by atoms with Crippen molar-refractivity contribution in [2.75, 3.05) is 25.6 Å². The van der Waals surface area contributed by atoms with E-state index in [-0.39, 0.29) is 5.91 Å². The zero-order chi connectivity index (χ0) is 17.9. The smallest absolute Gasteiger partial charge is 0.257 e. The number of nitrogens with one attached hydrogen (secondary N) is 1. The fourth-order valence-corrected chi connectivity index (χ4v) is 4.21. The third kappa shape index (κ3) is 3.27. The van der Waals surface area contributed by atoms with Crippen LogP contribution in [-0.4, -0.2) is 36.2 Å². The van der Waals surface area contributed by atoms with E-state index < -0.39 is 0 Å². The minimum Gasteiger partial charge on any atom is -0.479 e. The number of aromatic nitrogens is 2. The summed E-state index contributed by atoms with van der Waals surface area (Å²) in [6.07, 6.45) is 3.80. The summed E-state index contributed by atoms with van der Waals surface area (Å²) in [5.74, 6) is 0.694. The topological polar surface area (TPSA) is 73.3 Å². The molecular weight excluding hydrogens is 350 g/mol. The summed E-state index contributed by atoms with van der Waals surface area (Å²) in [5, 5.41) is 3.44. The molecule has 1 aliphatic rings. The Morgan fingerprint density at radius 1 is 1.27 bits per heavy atom. The number of thiazole rings is 1. The van der Waals surface area contributed by atoms with Gasteiger partial charge >= 0.3 is 0 Å². The number of nitrogens with zero attached hydrogens (tertiary/aromatic N) is 2. The van der Waals surface area contributed by atoms with Gasteiger partial charge in [0, 0.05) is 25.0 Å². The van der Waals surface area contributed by atoms with E-state index in [1.54, 1.807) is 19.2 Å². The van der Waals surface area contributed by atoms with Crippen molar-refractivity contribution in [3.8, 4) is 5.88 Å². The lowest BCUT2D eigenvalue weighted by molar-refractivity contribution is 0.0855. The standard InChI is InChI=1S/C19H19N3O3S/c1-24-18-15-16(14(11-20-18)12-7-9-25-10-8-12)26-19(21-15)22-17(23)13-5-3-2-4-6-13/h2-6,11-12H,7-10H2,1H3,(H,21,22,23). The van der Waals surface area contributed by atoms with Gasteiger partial charge in [0.15, 0.2) is 5.13 Å². The summed E-state index contributed by atoms with van der Waals surface area (Å²) in [6.45, 7) is 1.52. The van der Waals surface area contributed by atoms with E-state index in [4.69, 9.17) is 9.47 Å². The maximum atomic E-state index is 12.4. The quantitative estimate of drug-likeness (QED) is 0.756. The second-order valence-electron chi connectivity index (χ2n) is 6.13. The Morgan fingerprint density at radius 3 is 2.77 bits per heavy atom. The maximum Gasteiger partial charge on any atom is 0.257 e. The van der Waals surface area contributed by atoms with Crippen LogP contribution in [0.3, 0.4) is 0 Å². The summed E-state index contributed by atoms with van der Waals surface area (Å²) in [5.41, 5.74) is 2.45. The van der Waals surface area contributed by atoms with Crippen LogP contribution in [0, 0.1) is 0 Å². The summed E-state index contributed by atoms with van der Waals surface area (Å²) in [4.78, 5) is 21.4. The highest BCUT2D eigenvalue weighted by molar-refractivity contribution is 7.22. The van der Waals surface area contributed by atoms with Gasteiger partial charge < -0.3 is 9.47 Å². The van der Waals surface area contributed by atoms with Gasteiger partial charge in [0.2, 0.25) is 5.88 Å². The highest BCUT2D eigenvalue weighted by Crippen LogP contribution is 2.39. The number of amides is 1. The van der Waals surface area contributed by atoms with Crippen LogP contribution in [0.1, 0.15) is 34.7 Å². The fraction of sp³-hybridized carbons (Fsp3) is 0.316. The first-order valence-electron chi connectivity index (χ1n) is 8.54. The molecule has 0 saturated carbocycles. The average molecular weight is 369 g/mol. The molecule has 1 N–H and O–H groups in total. The van der Waals surface area contributed by atoms with Crippen LogP contribution in [-0.2, 0) is 4.74 Å². The molecular formula is C19H19N3O3S. The van der Waals surface area contributed by atoms with Gasteiger partial charge in [-0.1, -0.05) is 29.5 Å². The number of anilines is 1. The molecule has 1 aromatic carbocycles. The molecule has 1 amide bonds. The number of fused-ring (bicyclic) bond motifs is 1. The SMILES string of the molecule is COc1ncc(C2CCOCC2)c2sc(NC(=O)c3ccccc3)nc12. The van der Waals surface area contributed by atoms with E-state index in [2.05, 4.69) is 15.3 Å². The van der Waals surface area contributed by atoms with Gasteiger partial charge in [-0.3, -0.25) is 10.1 Å². The Balaban J connectivity index is 1.69. The lowest BCUT2D eigenvalue weighted by Crippen LogP contribution is -2.14. The van der Waals surface area contributed by atoms with Crippen LogP contribution in [0.15, 0.2) is 36.5 Å². The molecule has 0 radical (unpaired) electrons. The maximum absolute atomic E-state index is 12.4. The van der Waals surface area contributed by atoms with E-state index >= 15 is 0 Å². The van der Waals surface area contributed by atoms with Crippen LogP contribution in [0.2, 0.25) is 0 Å². The molecule has 1 saturated heterocycles. The monoisotopic (exact) mass is 369 g/mol. The Bertz CT molecular complexity index is 920. The molecule has 3 aromatic rings. The Kier molecular flexibility index (Phi) is 4.81. The number of rotatable bonds is 4. The van der Waals surface area contributed by atoms with Gasteiger partial charge in [-0.05, 0) is 36.5 Å². The molecule has 26 heavy (non-hydrogen) atoms. The molecule has 0 bridgehead atoms. The largest absolute Gasteiger partial charge is 0.479 e. The third-order valence-electron chi connectivity index (χ3n) is 4.52. The molecule has 1 aliphatic heterocycles. The van der Waals surface area contributed by atoms with Crippen molar-refractivity contribution in [2.45, 2.75) is 18.8 Å². The van der Waals surface area contributed by atoms with Gasteiger partial charge in [-0.15, -0.1) is 0 Å². The van der Waals surface area contributed by atoms with Gasteiger partial charge in [0.25, 0.3) is 5.91 Å². The molecule has 134 valence electrons. The minimum atomic E-state index is -0.177. The van der Waals surface area contributed by atoms with Crippen LogP contribution in [0.25, 0.3) is 10.2 Å². The number of pyridine rings is 1. The van der Waals surface area contributed by atoms with Crippen molar-refractivity contribution in [2.24, 2.45) is 0 Å². The van der Waals surface area contributed by atoms with Crippen LogP contribution >= 0.6 is 11.3 Å².